The third-order valence-electron chi connectivity index (χ3n) is 5.44. The van der Waals surface area contributed by atoms with E-state index in [4.69, 9.17) is 14.2 Å². The Hall–Kier alpha value is -2.24. The minimum Gasteiger partial charge on any atom is -0.508 e. The maximum absolute atomic E-state index is 11.4. The minimum absolute atomic E-state index is 0.123. The molecule has 0 aromatic heterocycles. The number of rotatable bonds is 3. The van der Waals surface area contributed by atoms with Crippen LogP contribution >= 0.6 is 0 Å². The number of phenolic OH excluding ortho intramolecular Hbond substituents is 1. The standard InChI is InChI=1S/C21H24O5/c1-12(2)4-6-14-17(24-3)9-8-16-19(14)26-20-15-7-5-13(22)10-18(15)25-11-21(16,20)23/h4-5,7-10,16,19-20,22-23H,6,11H2,1-3H3/t16-,19+,20+,21-/m1/s1. The Balaban J connectivity index is 1.75. The summed E-state index contributed by atoms with van der Waals surface area (Å²) in [5.41, 5.74) is 1.86. The van der Waals surface area contributed by atoms with Gasteiger partial charge in [0.2, 0.25) is 0 Å². The first-order valence-corrected chi connectivity index (χ1v) is 8.86. The topological polar surface area (TPSA) is 68.2 Å². The molecule has 1 aromatic rings. The first kappa shape index (κ1) is 17.2. The van der Waals surface area contributed by atoms with E-state index in [9.17, 15) is 10.2 Å². The van der Waals surface area contributed by atoms with Crippen LogP contribution in [-0.4, -0.2) is 35.6 Å². The lowest BCUT2D eigenvalue weighted by atomic mass is 9.75. The van der Waals surface area contributed by atoms with E-state index in [2.05, 4.69) is 19.9 Å². The van der Waals surface area contributed by atoms with Crippen molar-refractivity contribution < 1.29 is 24.4 Å². The molecule has 2 N–H and O–H groups in total. The molecule has 0 saturated carbocycles. The summed E-state index contributed by atoms with van der Waals surface area (Å²) in [5, 5.41) is 21.1. The van der Waals surface area contributed by atoms with Crippen molar-refractivity contribution in [3.8, 4) is 11.5 Å². The molecule has 0 spiro atoms. The Morgan fingerprint density at radius 1 is 1.38 bits per heavy atom. The molecule has 5 nitrogen and oxygen atoms in total. The van der Waals surface area contributed by atoms with Crippen molar-refractivity contribution in [1.82, 2.24) is 0 Å². The van der Waals surface area contributed by atoms with Gasteiger partial charge in [-0.15, -0.1) is 0 Å². The molecule has 2 heterocycles. The number of aliphatic hydroxyl groups is 1. The molecule has 0 bridgehead atoms. The lowest BCUT2D eigenvalue weighted by Gasteiger charge is -2.37. The predicted molar refractivity (Wildman–Crippen MR) is 96.9 cm³/mol. The molecule has 1 aliphatic carbocycles. The molecule has 5 heteroatoms. The number of methoxy groups -OCH3 is 1. The average molecular weight is 356 g/mol. The molecule has 4 atom stereocenters. The van der Waals surface area contributed by atoms with Crippen molar-refractivity contribution >= 4 is 0 Å². The van der Waals surface area contributed by atoms with Crippen molar-refractivity contribution in [3.63, 3.8) is 0 Å². The summed E-state index contributed by atoms with van der Waals surface area (Å²) < 4.78 is 17.7. The van der Waals surface area contributed by atoms with Gasteiger partial charge in [-0.1, -0.05) is 17.7 Å². The maximum atomic E-state index is 11.4. The Morgan fingerprint density at radius 3 is 2.92 bits per heavy atom. The van der Waals surface area contributed by atoms with E-state index >= 15 is 0 Å². The number of hydrogen-bond donors (Lipinski definition) is 2. The first-order valence-electron chi connectivity index (χ1n) is 8.86. The van der Waals surface area contributed by atoms with E-state index in [-0.39, 0.29) is 24.4 Å². The average Bonchev–Trinajstić information content (AvgIpc) is 2.92. The number of aromatic hydroxyl groups is 1. The van der Waals surface area contributed by atoms with E-state index in [1.807, 2.05) is 12.2 Å². The summed E-state index contributed by atoms with van der Waals surface area (Å²) in [7, 11) is 1.65. The summed E-state index contributed by atoms with van der Waals surface area (Å²) in [6.07, 6.45) is 5.95. The second kappa shape index (κ2) is 6.18. The van der Waals surface area contributed by atoms with Crippen molar-refractivity contribution in [2.45, 2.75) is 38.1 Å². The van der Waals surface area contributed by atoms with Crippen LogP contribution in [-0.2, 0) is 9.47 Å². The zero-order valence-corrected chi connectivity index (χ0v) is 15.2. The smallest absolute Gasteiger partial charge is 0.138 e. The van der Waals surface area contributed by atoms with Gasteiger partial charge in [0.05, 0.1) is 13.2 Å². The Labute approximate surface area is 153 Å². The molecular formula is C21H24O5. The molecule has 138 valence electrons. The molecule has 1 fully saturated rings. The van der Waals surface area contributed by atoms with Crippen LogP contribution in [0.15, 0.2) is 53.3 Å². The van der Waals surface area contributed by atoms with Crippen molar-refractivity contribution in [2.75, 3.05) is 13.7 Å². The van der Waals surface area contributed by atoms with Crippen molar-refractivity contribution in [2.24, 2.45) is 5.92 Å². The van der Waals surface area contributed by atoms with E-state index in [0.717, 1.165) is 16.9 Å². The van der Waals surface area contributed by atoms with Crippen LogP contribution in [0.2, 0.25) is 0 Å². The van der Waals surface area contributed by atoms with Gasteiger partial charge in [0, 0.05) is 23.1 Å². The van der Waals surface area contributed by atoms with Crippen LogP contribution in [0.25, 0.3) is 0 Å². The quantitative estimate of drug-likeness (QED) is 0.813. The van der Waals surface area contributed by atoms with Crippen molar-refractivity contribution in [1.29, 1.82) is 0 Å². The summed E-state index contributed by atoms with van der Waals surface area (Å²) in [6.45, 7) is 4.24. The number of allylic oxidation sites excluding steroid dienone is 3. The minimum atomic E-state index is -1.15. The number of ether oxygens (including phenoxy) is 3. The third-order valence-corrected chi connectivity index (χ3v) is 5.44. The van der Waals surface area contributed by atoms with Gasteiger partial charge in [0.25, 0.3) is 0 Å². The lowest BCUT2D eigenvalue weighted by molar-refractivity contribution is -0.0914. The lowest BCUT2D eigenvalue weighted by Crippen LogP contribution is -2.48. The molecule has 26 heavy (non-hydrogen) atoms. The Kier molecular flexibility index (Phi) is 4.09. The van der Waals surface area contributed by atoms with E-state index in [1.54, 1.807) is 25.3 Å². The molecule has 3 aliphatic rings. The molecule has 1 aromatic carbocycles. The molecule has 1 saturated heterocycles. The second-order valence-electron chi connectivity index (χ2n) is 7.40. The van der Waals surface area contributed by atoms with Gasteiger partial charge < -0.3 is 24.4 Å². The summed E-state index contributed by atoms with van der Waals surface area (Å²) in [6, 6.07) is 4.92. The zero-order chi connectivity index (χ0) is 18.5. The summed E-state index contributed by atoms with van der Waals surface area (Å²) >= 11 is 0. The zero-order valence-electron chi connectivity index (χ0n) is 15.2. The van der Waals surface area contributed by atoms with Crippen LogP contribution in [0.5, 0.6) is 11.5 Å². The monoisotopic (exact) mass is 356 g/mol. The van der Waals surface area contributed by atoms with Crippen LogP contribution in [0.1, 0.15) is 31.9 Å². The van der Waals surface area contributed by atoms with Gasteiger partial charge in [0.1, 0.15) is 35.6 Å². The highest BCUT2D eigenvalue weighted by molar-refractivity contribution is 5.47. The maximum Gasteiger partial charge on any atom is 0.138 e. The van der Waals surface area contributed by atoms with E-state index in [0.29, 0.717) is 12.2 Å². The third kappa shape index (κ3) is 2.54. The fraction of sp³-hybridized carbons (Fsp3) is 0.429. The van der Waals surface area contributed by atoms with E-state index < -0.39 is 11.7 Å². The molecule has 2 aliphatic heterocycles. The predicted octanol–water partition coefficient (Wildman–Crippen LogP) is 3.40. The van der Waals surface area contributed by atoms with Gasteiger partial charge in [-0.05, 0) is 38.5 Å². The molecule has 0 unspecified atom stereocenters. The highest BCUT2D eigenvalue weighted by Crippen LogP contribution is 2.55. The van der Waals surface area contributed by atoms with Crippen LogP contribution in [0, 0.1) is 5.92 Å². The fourth-order valence-electron chi connectivity index (χ4n) is 4.09. The van der Waals surface area contributed by atoms with Crippen LogP contribution in [0.3, 0.4) is 0 Å². The number of fused-ring (bicyclic) bond motifs is 5. The second-order valence-corrected chi connectivity index (χ2v) is 7.40. The van der Waals surface area contributed by atoms with Gasteiger partial charge in [-0.3, -0.25) is 0 Å². The van der Waals surface area contributed by atoms with Crippen LogP contribution < -0.4 is 4.74 Å². The van der Waals surface area contributed by atoms with Gasteiger partial charge in [0.15, 0.2) is 0 Å². The normalized spacial score (nSPS) is 31.6. The SMILES string of the molecule is COC1=C(CC=C(C)C)[C@@H]2O[C@H]3c4ccc(O)cc4OC[C@@]3(O)[C@@H]2C=C1. The molecule has 4 rings (SSSR count). The Bertz CT molecular complexity index is 818. The van der Waals surface area contributed by atoms with Gasteiger partial charge in [-0.25, -0.2) is 0 Å². The number of hydrogen-bond acceptors (Lipinski definition) is 5. The molecule has 0 amide bonds. The number of benzene rings is 1. The Morgan fingerprint density at radius 2 is 2.19 bits per heavy atom. The number of phenols is 1. The largest absolute Gasteiger partial charge is 0.508 e. The van der Waals surface area contributed by atoms with Gasteiger partial charge >= 0.3 is 0 Å². The molecule has 0 radical (unpaired) electrons. The summed E-state index contributed by atoms with van der Waals surface area (Å²) in [5.74, 6) is 1.27. The highest BCUT2D eigenvalue weighted by Gasteiger charge is 2.59. The highest BCUT2D eigenvalue weighted by atomic mass is 16.6. The van der Waals surface area contributed by atoms with Gasteiger partial charge in [-0.2, -0.15) is 0 Å². The fourth-order valence-corrected chi connectivity index (χ4v) is 4.09. The molecular weight excluding hydrogens is 332 g/mol. The summed E-state index contributed by atoms with van der Waals surface area (Å²) in [4.78, 5) is 0. The van der Waals surface area contributed by atoms with Crippen molar-refractivity contribution in [3.05, 3.63) is 58.9 Å². The first-order chi connectivity index (χ1) is 12.4. The van der Waals surface area contributed by atoms with E-state index in [1.165, 1.54) is 5.57 Å². The van der Waals surface area contributed by atoms with Crippen LogP contribution in [0.4, 0.5) is 0 Å².